The van der Waals surface area contributed by atoms with Crippen LogP contribution in [0.2, 0.25) is 0 Å². The van der Waals surface area contributed by atoms with Gasteiger partial charge in [-0.1, -0.05) is 97.1 Å². The van der Waals surface area contributed by atoms with Crippen molar-refractivity contribution in [1.82, 2.24) is 19.9 Å². The van der Waals surface area contributed by atoms with Gasteiger partial charge in [0.05, 0.1) is 0 Å². The topological polar surface area (TPSA) is 64.5 Å². The average molecular weight is 766 g/mol. The second-order valence-corrected chi connectivity index (χ2v) is 15.5. The van der Waals surface area contributed by atoms with Gasteiger partial charge in [0.1, 0.15) is 23.8 Å². The Hall–Kier alpha value is -7.97. The molecule has 0 spiro atoms. The summed E-state index contributed by atoms with van der Waals surface area (Å²) in [5.74, 6) is 2.69. The minimum Gasteiger partial charge on any atom is -0.311 e. The number of aromatic nitrogens is 4. The van der Waals surface area contributed by atoms with Crippen LogP contribution < -0.4 is 52.4 Å². The highest BCUT2D eigenvalue weighted by Gasteiger charge is 2.49. The van der Waals surface area contributed by atoms with Crippen LogP contribution in [-0.4, -0.2) is 33.4 Å². The highest BCUT2D eigenvalue weighted by atomic mass is 15.3. The van der Waals surface area contributed by atoms with Crippen LogP contribution in [0.1, 0.15) is 0 Å². The summed E-state index contributed by atoms with van der Waals surface area (Å²) in [7, 11) is 0. The predicted molar refractivity (Wildman–Crippen MR) is 246 cm³/mol. The molecular formula is C50H32B2N8. The Morgan fingerprint density at radius 2 is 0.783 bits per heavy atom. The fraction of sp³-hybridized carbons (Fsp3) is 0. The lowest BCUT2D eigenvalue weighted by Crippen LogP contribution is -2.65. The number of pyridine rings is 2. The molecule has 8 nitrogen and oxygen atoms in total. The molecule has 0 saturated carbocycles. The highest BCUT2D eigenvalue weighted by molar-refractivity contribution is 7.03. The Morgan fingerprint density at radius 1 is 0.333 bits per heavy atom. The Kier molecular flexibility index (Phi) is 7.03. The zero-order valence-electron chi connectivity index (χ0n) is 32.2. The van der Waals surface area contributed by atoms with Crippen LogP contribution >= 0.6 is 0 Å². The lowest BCUT2D eigenvalue weighted by atomic mass is 9.30. The van der Waals surface area contributed by atoms with Gasteiger partial charge in [0.25, 0.3) is 13.4 Å². The summed E-state index contributed by atoms with van der Waals surface area (Å²) in [6.07, 6.45) is 7.57. The second kappa shape index (κ2) is 12.8. The zero-order chi connectivity index (χ0) is 39.3. The monoisotopic (exact) mass is 766 g/mol. The van der Waals surface area contributed by atoms with E-state index in [0.717, 1.165) is 79.6 Å². The first-order chi connectivity index (χ1) is 29.8. The molecule has 0 aliphatic carbocycles. The van der Waals surface area contributed by atoms with Crippen molar-refractivity contribution >= 4 is 115 Å². The standard InChI is InChI=1S/C50H32B2N8/c1-5-15-33(16-6-1)57-42-25-27-54-49-46(42)51(37-23-13-14-24-41(37)58(49)34-17-7-2-8-18-34)38-29-39-45(30-44(38)57)60(36-21-11-4-12-22-36)50-47-43(26-28-55-50)59(35-19-9-3-10-20-35)48-40(52(39)47)31-53-32-56-48/h1-32H. The molecule has 278 valence electrons. The Labute approximate surface area is 347 Å². The van der Waals surface area contributed by atoms with Gasteiger partial charge in [-0.15, -0.1) is 0 Å². The molecule has 13 rings (SSSR count). The minimum absolute atomic E-state index is 0.101. The van der Waals surface area contributed by atoms with Gasteiger partial charge in [0.2, 0.25) is 0 Å². The fourth-order valence-electron chi connectivity index (χ4n) is 10.1. The van der Waals surface area contributed by atoms with Crippen molar-refractivity contribution in [3.05, 3.63) is 195 Å². The number of anilines is 12. The van der Waals surface area contributed by atoms with Crippen LogP contribution in [0.3, 0.4) is 0 Å². The molecule has 0 saturated heterocycles. The van der Waals surface area contributed by atoms with Crippen molar-refractivity contribution in [2.45, 2.75) is 0 Å². The summed E-state index contributed by atoms with van der Waals surface area (Å²) in [6.45, 7) is -0.296. The molecule has 0 fully saturated rings. The van der Waals surface area contributed by atoms with E-state index in [0.29, 0.717) is 0 Å². The molecule has 7 heterocycles. The Morgan fingerprint density at radius 3 is 1.37 bits per heavy atom. The first-order valence-corrected chi connectivity index (χ1v) is 20.3. The van der Waals surface area contributed by atoms with Gasteiger partial charge >= 0.3 is 0 Å². The van der Waals surface area contributed by atoms with E-state index in [9.17, 15) is 0 Å². The lowest BCUT2D eigenvalue weighted by molar-refractivity contribution is 1.11. The van der Waals surface area contributed by atoms with Crippen LogP contribution in [0.25, 0.3) is 0 Å². The van der Waals surface area contributed by atoms with E-state index in [-0.39, 0.29) is 13.4 Å². The number of hydrogen-bond acceptors (Lipinski definition) is 8. The molecule has 6 aromatic carbocycles. The maximum absolute atomic E-state index is 5.24. The number of nitrogens with zero attached hydrogens (tertiary/aromatic N) is 8. The third kappa shape index (κ3) is 4.58. The smallest absolute Gasteiger partial charge is 0.258 e. The van der Waals surface area contributed by atoms with Crippen LogP contribution in [-0.2, 0) is 0 Å². The molecule has 0 radical (unpaired) electrons. The van der Waals surface area contributed by atoms with Gasteiger partial charge in [-0.3, -0.25) is 14.7 Å². The van der Waals surface area contributed by atoms with Crippen molar-refractivity contribution in [1.29, 1.82) is 0 Å². The van der Waals surface area contributed by atoms with Gasteiger partial charge in [-0.2, -0.15) is 0 Å². The molecule has 4 aliphatic rings. The van der Waals surface area contributed by atoms with E-state index >= 15 is 0 Å². The van der Waals surface area contributed by atoms with Crippen molar-refractivity contribution in [3.8, 4) is 0 Å². The van der Waals surface area contributed by atoms with Gasteiger partial charge in [0, 0.05) is 69.8 Å². The zero-order valence-corrected chi connectivity index (χ0v) is 32.2. The van der Waals surface area contributed by atoms with Crippen LogP contribution in [0.5, 0.6) is 0 Å². The number of benzene rings is 6. The summed E-state index contributed by atoms with van der Waals surface area (Å²) in [6, 6.07) is 60.5. The van der Waals surface area contributed by atoms with E-state index in [1.807, 2.05) is 18.6 Å². The van der Waals surface area contributed by atoms with E-state index in [1.165, 1.54) is 21.9 Å². The Bertz CT molecular complexity index is 2940. The van der Waals surface area contributed by atoms with Crippen molar-refractivity contribution < 1.29 is 0 Å². The van der Waals surface area contributed by atoms with Crippen molar-refractivity contribution in [2.75, 3.05) is 19.6 Å². The molecule has 0 N–H and O–H groups in total. The summed E-state index contributed by atoms with van der Waals surface area (Å²) in [5.41, 5.74) is 16.6. The van der Waals surface area contributed by atoms with E-state index < -0.39 is 0 Å². The highest BCUT2D eigenvalue weighted by Crippen LogP contribution is 2.47. The molecule has 0 atom stereocenters. The first-order valence-electron chi connectivity index (χ1n) is 20.3. The van der Waals surface area contributed by atoms with Gasteiger partial charge in [-0.05, 0) is 106 Å². The summed E-state index contributed by atoms with van der Waals surface area (Å²) in [4.78, 5) is 29.6. The summed E-state index contributed by atoms with van der Waals surface area (Å²) < 4.78 is 0. The molecule has 0 bridgehead atoms. The maximum Gasteiger partial charge on any atom is 0.258 e. The third-order valence-corrected chi connectivity index (χ3v) is 12.4. The van der Waals surface area contributed by atoms with E-state index in [4.69, 9.17) is 19.9 Å². The summed E-state index contributed by atoms with van der Waals surface area (Å²) in [5, 5.41) is 0. The quantitative estimate of drug-likeness (QED) is 0.172. The number of para-hydroxylation sites is 5. The second-order valence-electron chi connectivity index (χ2n) is 15.5. The van der Waals surface area contributed by atoms with Gasteiger partial charge < -0.3 is 4.90 Å². The summed E-state index contributed by atoms with van der Waals surface area (Å²) >= 11 is 0. The maximum atomic E-state index is 5.24. The molecule has 4 aliphatic heterocycles. The third-order valence-electron chi connectivity index (χ3n) is 12.4. The SMILES string of the molecule is c1ccc(N2c3cc4c(cc3B3c5ccccc5N(c5ccccc5)c5nccc2c53)B2c3cncnc3N(c3ccccc3)c3ccnc(c32)N4c2ccccc2)cc1. The minimum atomic E-state index is -0.195. The number of fused-ring (bicyclic) bond motifs is 8. The van der Waals surface area contributed by atoms with Crippen LogP contribution in [0, 0.1) is 0 Å². The average Bonchev–Trinajstić information content (AvgIpc) is 3.32. The van der Waals surface area contributed by atoms with Crippen molar-refractivity contribution in [3.63, 3.8) is 0 Å². The van der Waals surface area contributed by atoms with Crippen LogP contribution in [0.15, 0.2) is 195 Å². The van der Waals surface area contributed by atoms with Crippen LogP contribution in [0.4, 0.5) is 68.6 Å². The molecule has 10 heteroatoms. The lowest BCUT2D eigenvalue weighted by Gasteiger charge is -2.46. The predicted octanol–water partition coefficient (Wildman–Crippen LogP) is 7.43. The normalized spacial score (nSPS) is 13.8. The van der Waals surface area contributed by atoms with E-state index in [2.05, 4.69) is 189 Å². The molecule has 0 amide bonds. The van der Waals surface area contributed by atoms with E-state index in [1.54, 1.807) is 6.33 Å². The largest absolute Gasteiger partial charge is 0.311 e. The van der Waals surface area contributed by atoms with Crippen molar-refractivity contribution in [2.24, 2.45) is 0 Å². The Balaban J connectivity index is 1.14. The molecule has 9 aromatic rings. The number of hydrogen-bond donors (Lipinski definition) is 0. The number of rotatable bonds is 4. The fourth-order valence-corrected chi connectivity index (χ4v) is 10.1. The molecular weight excluding hydrogens is 734 g/mol. The molecule has 3 aromatic heterocycles. The van der Waals surface area contributed by atoms with Gasteiger partial charge in [0.15, 0.2) is 0 Å². The first kappa shape index (κ1) is 33.0. The molecule has 0 unspecified atom stereocenters. The van der Waals surface area contributed by atoms with Gasteiger partial charge in [-0.25, -0.2) is 19.9 Å². The molecule has 60 heavy (non-hydrogen) atoms.